The zero-order chi connectivity index (χ0) is 20.5. The molecule has 0 unspecified atom stereocenters. The molecule has 29 heavy (non-hydrogen) atoms. The second kappa shape index (κ2) is 7.73. The normalized spacial score (nSPS) is 11.7. The molecule has 0 spiro atoms. The Hall–Kier alpha value is -3.09. The molecule has 0 aliphatic heterocycles. The number of aromatic nitrogens is 5. The van der Waals surface area contributed by atoms with E-state index in [-0.39, 0.29) is 11.2 Å². The van der Waals surface area contributed by atoms with Crippen molar-refractivity contribution in [1.29, 1.82) is 0 Å². The average molecular weight is 393 g/mol. The Morgan fingerprint density at radius 1 is 1.00 bits per heavy atom. The van der Waals surface area contributed by atoms with E-state index in [0.717, 1.165) is 36.2 Å². The van der Waals surface area contributed by atoms with Crippen LogP contribution in [0.2, 0.25) is 0 Å². The van der Waals surface area contributed by atoms with Gasteiger partial charge in [-0.1, -0.05) is 50.6 Å². The van der Waals surface area contributed by atoms with E-state index in [9.17, 15) is 9.59 Å². The summed E-state index contributed by atoms with van der Waals surface area (Å²) in [7, 11) is 1.97. The van der Waals surface area contributed by atoms with Gasteiger partial charge in [0, 0.05) is 19.3 Å². The zero-order valence-corrected chi connectivity index (χ0v) is 17.3. The Bertz CT molecular complexity index is 1270. The van der Waals surface area contributed by atoms with Crippen LogP contribution in [0.4, 0.5) is 0 Å². The summed E-state index contributed by atoms with van der Waals surface area (Å²) < 4.78 is 6.78. The molecule has 3 heterocycles. The minimum absolute atomic E-state index is 0.255. The van der Waals surface area contributed by atoms with Crippen molar-refractivity contribution >= 4 is 16.7 Å². The van der Waals surface area contributed by atoms with Crippen molar-refractivity contribution in [2.75, 3.05) is 0 Å². The standard InChI is InChI=1S/C22H27N5O2/c1-4-6-12-17-15-27-20(24(17)3)18-19(23-27)26(14-16-10-8-7-9-11-16)22(29)25(13-5-2)21(18)28/h7-11,15H,4-6,12-14H2,1-3H3. The maximum Gasteiger partial charge on any atom is 0.333 e. The highest BCUT2D eigenvalue weighted by Gasteiger charge is 2.21. The van der Waals surface area contributed by atoms with Gasteiger partial charge in [-0.2, -0.15) is 0 Å². The van der Waals surface area contributed by atoms with E-state index in [1.165, 1.54) is 4.57 Å². The van der Waals surface area contributed by atoms with E-state index in [1.807, 2.05) is 55.1 Å². The lowest BCUT2D eigenvalue weighted by molar-refractivity contribution is 0.579. The molecular formula is C22H27N5O2. The number of hydrogen-bond acceptors (Lipinski definition) is 3. The van der Waals surface area contributed by atoms with Crippen LogP contribution in [0.3, 0.4) is 0 Å². The van der Waals surface area contributed by atoms with Crippen molar-refractivity contribution in [3.05, 3.63) is 68.6 Å². The monoisotopic (exact) mass is 393 g/mol. The first-order valence-corrected chi connectivity index (χ1v) is 10.3. The predicted octanol–water partition coefficient (Wildman–Crippen LogP) is 2.95. The van der Waals surface area contributed by atoms with Gasteiger partial charge in [0.1, 0.15) is 5.39 Å². The van der Waals surface area contributed by atoms with Crippen LogP contribution in [-0.2, 0) is 26.6 Å². The molecule has 0 amide bonds. The second-order valence-corrected chi connectivity index (χ2v) is 7.56. The predicted molar refractivity (Wildman–Crippen MR) is 115 cm³/mol. The Balaban J connectivity index is 2.01. The summed E-state index contributed by atoms with van der Waals surface area (Å²) in [6.45, 7) is 4.91. The quantitative estimate of drug-likeness (QED) is 0.485. The van der Waals surface area contributed by atoms with Crippen LogP contribution in [0.1, 0.15) is 44.4 Å². The topological polar surface area (TPSA) is 66.2 Å². The Labute approximate surface area is 168 Å². The van der Waals surface area contributed by atoms with Crippen LogP contribution < -0.4 is 11.2 Å². The maximum atomic E-state index is 13.3. The van der Waals surface area contributed by atoms with Gasteiger partial charge in [-0.05, 0) is 24.8 Å². The molecule has 0 saturated carbocycles. The van der Waals surface area contributed by atoms with Gasteiger partial charge in [-0.25, -0.2) is 9.31 Å². The van der Waals surface area contributed by atoms with Crippen LogP contribution in [0.25, 0.3) is 16.7 Å². The van der Waals surface area contributed by atoms with E-state index in [1.54, 1.807) is 9.08 Å². The van der Waals surface area contributed by atoms with Crippen LogP contribution in [0.5, 0.6) is 0 Å². The molecule has 0 aliphatic carbocycles. The van der Waals surface area contributed by atoms with Crippen molar-refractivity contribution in [3.8, 4) is 0 Å². The lowest BCUT2D eigenvalue weighted by Gasteiger charge is -2.11. The number of imidazole rings is 1. The summed E-state index contributed by atoms with van der Waals surface area (Å²) in [4.78, 5) is 26.4. The molecule has 7 heteroatoms. The largest absolute Gasteiger partial charge is 0.333 e. The molecule has 7 nitrogen and oxygen atoms in total. The molecule has 0 bridgehead atoms. The molecule has 3 aromatic heterocycles. The number of unbranched alkanes of at least 4 members (excludes halogenated alkanes) is 1. The third-order valence-electron chi connectivity index (χ3n) is 5.48. The second-order valence-electron chi connectivity index (χ2n) is 7.56. The minimum Gasteiger partial charge on any atom is -0.331 e. The molecule has 4 aromatic rings. The summed E-state index contributed by atoms with van der Waals surface area (Å²) in [5.74, 6) is 0. The molecule has 0 atom stereocenters. The van der Waals surface area contributed by atoms with Gasteiger partial charge in [0.15, 0.2) is 11.3 Å². The van der Waals surface area contributed by atoms with Gasteiger partial charge >= 0.3 is 5.69 Å². The Kier molecular flexibility index (Phi) is 5.13. The molecule has 152 valence electrons. The van der Waals surface area contributed by atoms with Gasteiger partial charge < -0.3 is 4.57 Å². The summed E-state index contributed by atoms with van der Waals surface area (Å²) in [6.07, 6.45) is 5.81. The van der Waals surface area contributed by atoms with Crippen molar-refractivity contribution in [2.45, 2.75) is 52.6 Å². The maximum absolute atomic E-state index is 13.3. The molecule has 0 aliphatic rings. The molecule has 0 radical (unpaired) electrons. The van der Waals surface area contributed by atoms with Crippen molar-refractivity contribution < 1.29 is 0 Å². The number of nitrogens with zero attached hydrogens (tertiary/aromatic N) is 5. The highest BCUT2D eigenvalue weighted by Crippen LogP contribution is 2.20. The zero-order valence-electron chi connectivity index (χ0n) is 17.3. The highest BCUT2D eigenvalue weighted by molar-refractivity contribution is 5.89. The Morgan fingerprint density at radius 2 is 1.76 bits per heavy atom. The van der Waals surface area contributed by atoms with E-state index in [2.05, 4.69) is 12.0 Å². The molecular weight excluding hydrogens is 366 g/mol. The van der Waals surface area contributed by atoms with Crippen molar-refractivity contribution in [2.24, 2.45) is 7.05 Å². The Morgan fingerprint density at radius 3 is 2.45 bits per heavy atom. The fourth-order valence-electron chi connectivity index (χ4n) is 3.95. The number of benzene rings is 1. The van der Waals surface area contributed by atoms with Gasteiger partial charge in [0.25, 0.3) is 5.56 Å². The molecule has 0 N–H and O–H groups in total. The average Bonchev–Trinajstić information content (AvgIpc) is 3.24. The molecule has 0 fully saturated rings. The fourth-order valence-corrected chi connectivity index (χ4v) is 3.95. The third-order valence-corrected chi connectivity index (χ3v) is 5.48. The van der Waals surface area contributed by atoms with Crippen LogP contribution >= 0.6 is 0 Å². The number of hydrogen-bond donors (Lipinski definition) is 0. The van der Waals surface area contributed by atoms with E-state index in [0.29, 0.717) is 30.5 Å². The van der Waals surface area contributed by atoms with Crippen LogP contribution in [0.15, 0.2) is 46.1 Å². The van der Waals surface area contributed by atoms with E-state index >= 15 is 0 Å². The van der Waals surface area contributed by atoms with Crippen LogP contribution in [-0.4, -0.2) is 23.3 Å². The fraction of sp³-hybridized carbons (Fsp3) is 0.409. The molecule has 4 rings (SSSR count). The third kappa shape index (κ3) is 3.20. The SMILES string of the molecule is CCCCc1cn2nc3c(c(=O)n(CCC)c(=O)n3Cc3ccccc3)c2n1C. The van der Waals surface area contributed by atoms with Crippen LogP contribution in [0, 0.1) is 0 Å². The summed E-state index contributed by atoms with van der Waals surface area (Å²) in [5.41, 5.74) is 2.78. The number of fused-ring (bicyclic) bond motifs is 3. The first-order valence-electron chi connectivity index (χ1n) is 10.3. The minimum atomic E-state index is -0.303. The van der Waals surface area contributed by atoms with Crippen molar-refractivity contribution in [3.63, 3.8) is 0 Å². The molecule has 0 saturated heterocycles. The van der Waals surface area contributed by atoms with Crippen molar-refractivity contribution in [1.82, 2.24) is 23.3 Å². The van der Waals surface area contributed by atoms with Gasteiger partial charge in [-0.3, -0.25) is 13.9 Å². The van der Waals surface area contributed by atoms with Gasteiger partial charge in [0.05, 0.1) is 12.7 Å². The number of aryl methyl sites for hydroxylation is 2. The highest BCUT2D eigenvalue weighted by atomic mass is 16.2. The lowest BCUT2D eigenvalue weighted by atomic mass is 10.2. The first kappa shape index (κ1) is 19.2. The molecule has 1 aromatic carbocycles. The number of rotatable bonds is 7. The first-order chi connectivity index (χ1) is 14.1. The smallest absolute Gasteiger partial charge is 0.331 e. The summed E-state index contributed by atoms with van der Waals surface area (Å²) in [5, 5.41) is 5.18. The van der Waals surface area contributed by atoms with Gasteiger partial charge in [0.2, 0.25) is 0 Å². The van der Waals surface area contributed by atoms with E-state index in [4.69, 9.17) is 0 Å². The summed E-state index contributed by atoms with van der Waals surface area (Å²) >= 11 is 0. The van der Waals surface area contributed by atoms with E-state index < -0.39 is 0 Å². The summed E-state index contributed by atoms with van der Waals surface area (Å²) in [6, 6.07) is 9.80. The lowest BCUT2D eigenvalue weighted by Crippen LogP contribution is -2.40. The van der Waals surface area contributed by atoms with Gasteiger partial charge in [-0.15, -0.1) is 5.10 Å².